The molecular weight excluding hydrogens is 302 g/mol. The Hall–Kier alpha value is -1.55. The molecule has 0 fully saturated rings. The largest absolute Gasteiger partial charge is 0.294 e. The maximum atomic E-state index is 13.4. The van der Waals surface area contributed by atoms with E-state index in [4.69, 9.17) is 0 Å². The molecule has 0 bridgehead atoms. The fourth-order valence-electron chi connectivity index (χ4n) is 1.62. The average molecular weight is 311 g/mol. The number of hydrogen-bond acceptors (Lipinski definition) is 1. The first-order valence-corrected chi connectivity index (χ1v) is 6.09. The highest BCUT2D eigenvalue weighted by Gasteiger charge is 2.13. The van der Waals surface area contributed by atoms with Crippen LogP contribution in [0.4, 0.5) is 8.78 Å². The van der Waals surface area contributed by atoms with Gasteiger partial charge in [-0.25, -0.2) is 8.78 Å². The van der Waals surface area contributed by atoms with Gasteiger partial charge in [0, 0.05) is 16.5 Å². The van der Waals surface area contributed by atoms with Crippen molar-refractivity contribution in [2.24, 2.45) is 0 Å². The van der Waals surface area contributed by atoms with Gasteiger partial charge in [-0.3, -0.25) is 4.79 Å². The summed E-state index contributed by atoms with van der Waals surface area (Å²) in [5.41, 5.74) is 0.535. The van der Waals surface area contributed by atoms with Crippen LogP contribution in [-0.4, -0.2) is 5.78 Å². The van der Waals surface area contributed by atoms with Gasteiger partial charge in [-0.1, -0.05) is 40.2 Å². The molecule has 0 aliphatic carbocycles. The van der Waals surface area contributed by atoms with E-state index in [1.54, 1.807) is 24.3 Å². The van der Waals surface area contributed by atoms with Crippen molar-refractivity contribution in [1.82, 2.24) is 0 Å². The van der Waals surface area contributed by atoms with Gasteiger partial charge in [0.05, 0.1) is 0 Å². The first kappa shape index (κ1) is 12.9. The molecule has 92 valence electrons. The molecule has 0 radical (unpaired) electrons. The standard InChI is InChI=1S/C14H9BrF2O/c15-11-5-1-3-9(7-11)13(18)8-10-4-2-6-12(16)14(10)17/h1-7H,8H2. The summed E-state index contributed by atoms with van der Waals surface area (Å²) >= 11 is 3.26. The first-order chi connectivity index (χ1) is 8.58. The number of carbonyl (C=O) groups excluding carboxylic acids is 1. The highest BCUT2D eigenvalue weighted by atomic mass is 79.9. The number of halogens is 3. The summed E-state index contributed by atoms with van der Waals surface area (Å²) in [5.74, 6) is -2.14. The predicted molar refractivity (Wildman–Crippen MR) is 68.5 cm³/mol. The molecule has 4 heteroatoms. The van der Waals surface area contributed by atoms with Crippen molar-refractivity contribution in [3.05, 3.63) is 69.7 Å². The Kier molecular flexibility index (Phi) is 3.87. The summed E-state index contributed by atoms with van der Waals surface area (Å²) in [4.78, 5) is 11.9. The van der Waals surface area contributed by atoms with Crippen molar-refractivity contribution < 1.29 is 13.6 Å². The van der Waals surface area contributed by atoms with Gasteiger partial charge >= 0.3 is 0 Å². The van der Waals surface area contributed by atoms with E-state index in [-0.39, 0.29) is 17.8 Å². The van der Waals surface area contributed by atoms with Crippen LogP contribution in [0.15, 0.2) is 46.9 Å². The SMILES string of the molecule is O=C(Cc1cccc(F)c1F)c1cccc(Br)c1. The molecule has 0 aliphatic rings. The number of carbonyl (C=O) groups is 1. The van der Waals surface area contributed by atoms with E-state index in [2.05, 4.69) is 15.9 Å². The van der Waals surface area contributed by atoms with Crippen LogP contribution in [0, 0.1) is 11.6 Å². The van der Waals surface area contributed by atoms with Gasteiger partial charge in [-0.2, -0.15) is 0 Å². The minimum Gasteiger partial charge on any atom is -0.294 e. The van der Waals surface area contributed by atoms with Crippen LogP contribution in [0.5, 0.6) is 0 Å². The van der Waals surface area contributed by atoms with Crippen molar-refractivity contribution in [3.63, 3.8) is 0 Å². The van der Waals surface area contributed by atoms with Gasteiger partial charge in [-0.15, -0.1) is 0 Å². The Morgan fingerprint density at radius 2 is 1.83 bits per heavy atom. The highest BCUT2D eigenvalue weighted by molar-refractivity contribution is 9.10. The molecule has 0 saturated heterocycles. The second-order valence-corrected chi connectivity index (χ2v) is 4.74. The van der Waals surface area contributed by atoms with Crippen molar-refractivity contribution in [1.29, 1.82) is 0 Å². The Bertz CT molecular complexity index is 596. The predicted octanol–water partition coefficient (Wildman–Crippen LogP) is 4.15. The number of ketones is 1. The van der Waals surface area contributed by atoms with Crippen LogP contribution in [0.1, 0.15) is 15.9 Å². The van der Waals surface area contributed by atoms with Gasteiger partial charge in [0.15, 0.2) is 17.4 Å². The molecule has 0 atom stereocenters. The molecule has 18 heavy (non-hydrogen) atoms. The minimum atomic E-state index is -0.958. The van der Waals surface area contributed by atoms with Crippen molar-refractivity contribution in [2.75, 3.05) is 0 Å². The summed E-state index contributed by atoms with van der Waals surface area (Å²) in [6, 6.07) is 10.6. The lowest BCUT2D eigenvalue weighted by molar-refractivity contribution is 0.0991. The first-order valence-electron chi connectivity index (χ1n) is 5.29. The molecule has 0 aliphatic heterocycles. The Labute approximate surface area is 112 Å². The quantitative estimate of drug-likeness (QED) is 0.778. The third-order valence-corrected chi connectivity index (χ3v) is 3.02. The average Bonchev–Trinajstić information content (AvgIpc) is 2.35. The zero-order valence-corrected chi connectivity index (χ0v) is 10.9. The molecule has 0 unspecified atom stereocenters. The molecule has 0 amide bonds. The van der Waals surface area contributed by atoms with E-state index in [0.717, 1.165) is 10.5 Å². The summed E-state index contributed by atoms with van der Waals surface area (Å²) < 4.78 is 27.2. The molecule has 0 saturated carbocycles. The Balaban J connectivity index is 2.24. The second-order valence-electron chi connectivity index (χ2n) is 3.82. The van der Waals surface area contributed by atoms with E-state index < -0.39 is 11.6 Å². The van der Waals surface area contributed by atoms with Crippen LogP contribution >= 0.6 is 15.9 Å². The van der Waals surface area contributed by atoms with Gasteiger partial charge in [0.2, 0.25) is 0 Å². The van der Waals surface area contributed by atoms with Crippen molar-refractivity contribution in [3.8, 4) is 0 Å². The zero-order valence-electron chi connectivity index (χ0n) is 9.29. The molecule has 1 nitrogen and oxygen atoms in total. The fraction of sp³-hybridized carbons (Fsp3) is 0.0714. The maximum Gasteiger partial charge on any atom is 0.167 e. The van der Waals surface area contributed by atoms with E-state index in [1.807, 2.05) is 0 Å². The number of rotatable bonds is 3. The fourth-order valence-corrected chi connectivity index (χ4v) is 2.02. The third-order valence-electron chi connectivity index (χ3n) is 2.53. The lowest BCUT2D eigenvalue weighted by Gasteiger charge is -2.04. The molecule has 0 heterocycles. The number of hydrogen-bond donors (Lipinski definition) is 0. The molecule has 2 aromatic rings. The lowest BCUT2D eigenvalue weighted by atomic mass is 10.0. The van der Waals surface area contributed by atoms with E-state index in [0.29, 0.717) is 5.56 Å². The van der Waals surface area contributed by atoms with Crippen LogP contribution in [0.25, 0.3) is 0 Å². The van der Waals surface area contributed by atoms with E-state index in [1.165, 1.54) is 12.1 Å². The molecule has 0 spiro atoms. The van der Waals surface area contributed by atoms with Crippen molar-refractivity contribution in [2.45, 2.75) is 6.42 Å². The summed E-state index contributed by atoms with van der Waals surface area (Å²) in [6.07, 6.45) is -0.153. The summed E-state index contributed by atoms with van der Waals surface area (Å²) in [6.45, 7) is 0. The van der Waals surface area contributed by atoms with Gasteiger partial charge in [-0.05, 0) is 23.8 Å². The van der Waals surface area contributed by atoms with Gasteiger partial charge < -0.3 is 0 Å². The Morgan fingerprint density at radius 3 is 2.56 bits per heavy atom. The molecule has 0 aromatic heterocycles. The molecule has 2 aromatic carbocycles. The number of Topliss-reactive ketones (excluding diaryl/α,β-unsaturated/α-hetero) is 1. The van der Waals surface area contributed by atoms with E-state index >= 15 is 0 Å². The third kappa shape index (κ3) is 2.82. The van der Waals surface area contributed by atoms with Crippen LogP contribution in [-0.2, 0) is 6.42 Å². The minimum absolute atomic E-state index is 0.0694. The smallest absolute Gasteiger partial charge is 0.167 e. The van der Waals surface area contributed by atoms with E-state index in [9.17, 15) is 13.6 Å². The molecule has 0 N–H and O–H groups in total. The van der Waals surface area contributed by atoms with Gasteiger partial charge in [0.25, 0.3) is 0 Å². The molecular formula is C14H9BrF2O. The summed E-state index contributed by atoms with van der Waals surface area (Å²) in [5, 5.41) is 0. The lowest BCUT2D eigenvalue weighted by Crippen LogP contribution is -2.06. The maximum absolute atomic E-state index is 13.4. The normalized spacial score (nSPS) is 10.4. The Morgan fingerprint density at radius 1 is 1.11 bits per heavy atom. The number of benzene rings is 2. The van der Waals surface area contributed by atoms with Gasteiger partial charge in [0.1, 0.15) is 0 Å². The van der Waals surface area contributed by atoms with Crippen LogP contribution in [0.3, 0.4) is 0 Å². The summed E-state index contributed by atoms with van der Waals surface area (Å²) in [7, 11) is 0. The molecule has 2 rings (SSSR count). The monoisotopic (exact) mass is 310 g/mol. The van der Waals surface area contributed by atoms with Crippen molar-refractivity contribution >= 4 is 21.7 Å². The zero-order chi connectivity index (χ0) is 13.1. The topological polar surface area (TPSA) is 17.1 Å². The second kappa shape index (κ2) is 5.40. The van der Waals surface area contributed by atoms with Crippen LogP contribution in [0.2, 0.25) is 0 Å². The van der Waals surface area contributed by atoms with Crippen LogP contribution < -0.4 is 0 Å². The highest BCUT2D eigenvalue weighted by Crippen LogP contribution is 2.16.